The van der Waals surface area contributed by atoms with Gasteiger partial charge >= 0.3 is 0 Å². The lowest BCUT2D eigenvalue weighted by atomic mass is 9.82. The van der Waals surface area contributed by atoms with E-state index in [9.17, 15) is 19.5 Å². The molecule has 28 heavy (non-hydrogen) atoms. The quantitative estimate of drug-likeness (QED) is 0.539. The Morgan fingerprint density at radius 3 is 2.25 bits per heavy atom. The fourth-order valence-corrected chi connectivity index (χ4v) is 3.31. The molecule has 0 heterocycles. The van der Waals surface area contributed by atoms with Crippen molar-refractivity contribution in [3.8, 4) is 0 Å². The first-order valence-electron chi connectivity index (χ1n) is 9.22. The Bertz CT molecular complexity index is 853. The molecular weight excluding hydrogens is 378 g/mol. The van der Waals surface area contributed by atoms with Crippen LogP contribution in [-0.4, -0.2) is 34.7 Å². The van der Waals surface area contributed by atoms with Crippen LogP contribution >= 0.6 is 11.6 Å². The Morgan fingerprint density at radius 2 is 1.64 bits per heavy atom. The van der Waals surface area contributed by atoms with Gasteiger partial charge in [-0.2, -0.15) is 0 Å². The predicted molar refractivity (Wildman–Crippen MR) is 109 cm³/mol. The zero-order valence-corrected chi connectivity index (χ0v) is 17.4. The van der Waals surface area contributed by atoms with Gasteiger partial charge in [0.15, 0.2) is 11.6 Å². The molecule has 5 nitrogen and oxygen atoms in total. The first-order valence-corrected chi connectivity index (χ1v) is 9.66. The monoisotopic (exact) mass is 403 g/mol. The van der Waals surface area contributed by atoms with Gasteiger partial charge in [0.2, 0.25) is 0 Å². The lowest BCUT2D eigenvalue weighted by Crippen LogP contribution is -2.45. The molecule has 0 fully saturated rings. The first kappa shape index (κ1) is 22.1. The molecule has 6 heteroatoms. The van der Waals surface area contributed by atoms with E-state index < -0.39 is 16.9 Å². The maximum Gasteiger partial charge on any atom is 0.251 e. The fourth-order valence-electron chi connectivity index (χ4n) is 3.09. The van der Waals surface area contributed by atoms with Crippen LogP contribution < -0.4 is 5.32 Å². The maximum atomic E-state index is 12.5. The summed E-state index contributed by atoms with van der Waals surface area (Å²) < 4.78 is 0. The molecule has 1 aromatic rings. The molecule has 2 atom stereocenters. The Labute approximate surface area is 170 Å². The Kier molecular flexibility index (Phi) is 6.96. The first-order chi connectivity index (χ1) is 13.1. The van der Waals surface area contributed by atoms with Gasteiger partial charge in [-0.05, 0) is 46.1 Å². The highest BCUT2D eigenvalue weighted by Crippen LogP contribution is 2.29. The van der Waals surface area contributed by atoms with Crippen molar-refractivity contribution in [2.24, 2.45) is 0 Å². The maximum absolute atomic E-state index is 12.5. The Balaban J connectivity index is 1.98. The van der Waals surface area contributed by atoms with Crippen LogP contribution in [0.4, 0.5) is 0 Å². The summed E-state index contributed by atoms with van der Waals surface area (Å²) in [6.07, 6.45) is 0.166. The molecule has 0 radical (unpaired) electrons. The Hall–Kier alpha value is -2.24. The van der Waals surface area contributed by atoms with E-state index in [1.165, 1.54) is 6.92 Å². The van der Waals surface area contributed by atoms with Crippen LogP contribution in [-0.2, 0) is 14.4 Å². The minimum atomic E-state index is -1.69. The standard InChI is InChI=1S/C22H26ClNO4/c1-13-14(2)20(26)17(15(3)19(13)25)10-11-22(4,28)21(27)24-12-18(23)16-8-6-5-7-9-16/h5-9,18,28H,10-12H2,1-4H3,(H,24,27). The van der Waals surface area contributed by atoms with Crippen LogP contribution in [0.1, 0.15) is 51.5 Å². The zero-order chi connectivity index (χ0) is 21.1. The van der Waals surface area contributed by atoms with Crippen LogP contribution in [0.2, 0.25) is 0 Å². The third-order valence-electron chi connectivity index (χ3n) is 5.27. The summed E-state index contributed by atoms with van der Waals surface area (Å²) >= 11 is 6.29. The number of ketones is 2. The van der Waals surface area contributed by atoms with E-state index in [1.54, 1.807) is 20.8 Å². The second-order valence-corrected chi connectivity index (χ2v) is 7.90. The van der Waals surface area contributed by atoms with E-state index in [0.29, 0.717) is 22.3 Å². The van der Waals surface area contributed by atoms with Crippen molar-refractivity contribution in [2.45, 2.75) is 51.5 Å². The molecule has 2 rings (SSSR count). The number of Topliss-reactive ketones (excluding diaryl/α,β-unsaturated/α-hetero) is 2. The van der Waals surface area contributed by atoms with Gasteiger partial charge in [-0.25, -0.2) is 0 Å². The van der Waals surface area contributed by atoms with Crippen LogP contribution in [0.5, 0.6) is 0 Å². The number of carbonyl (C=O) groups is 3. The van der Waals surface area contributed by atoms with Gasteiger partial charge in [-0.15, -0.1) is 11.6 Å². The third-order valence-corrected chi connectivity index (χ3v) is 5.67. The SMILES string of the molecule is CC1=C(C)C(=O)C(CCC(C)(O)C(=O)NCC(Cl)c2ccccc2)=C(C)C1=O. The highest BCUT2D eigenvalue weighted by molar-refractivity contribution is 6.24. The molecule has 0 aliphatic heterocycles. The summed E-state index contributed by atoms with van der Waals surface area (Å²) in [6, 6.07) is 9.32. The molecule has 1 aliphatic rings. The molecule has 2 N–H and O–H groups in total. The number of allylic oxidation sites excluding steroid dienone is 4. The molecule has 0 aromatic heterocycles. The molecule has 1 aromatic carbocycles. The fraction of sp³-hybridized carbons (Fsp3) is 0.409. The van der Waals surface area contributed by atoms with Gasteiger partial charge in [-0.1, -0.05) is 30.3 Å². The number of nitrogens with one attached hydrogen (secondary N) is 1. The molecule has 1 amide bonds. The van der Waals surface area contributed by atoms with E-state index >= 15 is 0 Å². The van der Waals surface area contributed by atoms with Crippen molar-refractivity contribution in [1.82, 2.24) is 5.32 Å². The molecule has 2 unspecified atom stereocenters. The minimum Gasteiger partial charge on any atom is -0.380 e. The van der Waals surface area contributed by atoms with Gasteiger partial charge in [0.1, 0.15) is 5.60 Å². The summed E-state index contributed by atoms with van der Waals surface area (Å²) in [5.41, 5.74) is 0.796. The van der Waals surface area contributed by atoms with Gasteiger partial charge in [0, 0.05) is 28.8 Å². The Morgan fingerprint density at radius 1 is 1.07 bits per heavy atom. The molecular formula is C22H26ClNO4. The summed E-state index contributed by atoms with van der Waals surface area (Å²) in [5.74, 6) is -0.926. The lowest BCUT2D eigenvalue weighted by molar-refractivity contribution is -0.138. The molecule has 0 spiro atoms. The number of halogens is 1. The predicted octanol–water partition coefficient (Wildman–Crippen LogP) is 3.42. The minimum absolute atomic E-state index is 0.0230. The second kappa shape index (κ2) is 8.84. The van der Waals surface area contributed by atoms with E-state index in [0.717, 1.165) is 5.56 Å². The second-order valence-electron chi connectivity index (χ2n) is 7.37. The van der Waals surface area contributed by atoms with Crippen LogP contribution in [0, 0.1) is 0 Å². The largest absolute Gasteiger partial charge is 0.380 e. The zero-order valence-electron chi connectivity index (χ0n) is 16.6. The van der Waals surface area contributed by atoms with Crippen LogP contribution in [0.3, 0.4) is 0 Å². The van der Waals surface area contributed by atoms with Gasteiger partial charge in [0.25, 0.3) is 5.91 Å². The number of hydrogen-bond donors (Lipinski definition) is 2. The molecule has 0 saturated heterocycles. The lowest BCUT2D eigenvalue weighted by Gasteiger charge is -2.25. The van der Waals surface area contributed by atoms with Gasteiger partial charge in [-0.3, -0.25) is 14.4 Å². The summed E-state index contributed by atoms with van der Waals surface area (Å²) in [4.78, 5) is 37.1. The number of carbonyl (C=O) groups excluding carboxylic acids is 3. The number of rotatable bonds is 7. The van der Waals surface area contributed by atoms with E-state index in [-0.39, 0.29) is 31.0 Å². The van der Waals surface area contributed by atoms with Crippen LogP contribution in [0.25, 0.3) is 0 Å². The number of hydrogen-bond acceptors (Lipinski definition) is 4. The van der Waals surface area contributed by atoms with E-state index in [2.05, 4.69) is 5.32 Å². The van der Waals surface area contributed by atoms with Crippen molar-refractivity contribution in [3.05, 3.63) is 58.2 Å². The highest BCUT2D eigenvalue weighted by atomic mass is 35.5. The van der Waals surface area contributed by atoms with Crippen molar-refractivity contribution in [2.75, 3.05) is 6.54 Å². The topological polar surface area (TPSA) is 83.5 Å². The van der Waals surface area contributed by atoms with Crippen LogP contribution in [0.15, 0.2) is 52.6 Å². The normalized spacial score (nSPS) is 18.2. The summed E-state index contributed by atoms with van der Waals surface area (Å²) in [5, 5.41) is 12.8. The van der Waals surface area contributed by atoms with Crippen molar-refractivity contribution in [1.29, 1.82) is 0 Å². The molecule has 0 bridgehead atoms. The number of alkyl halides is 1. The molecule has 150 valence electrons. The average Bonchev–Trinajstić information content (AvgIpc) is 2.69. The van der Waals surface area contributed by atoms with E-state index in [1.807, 2.05) is 30.3 Å². The summed E-state index contributed by atoms with van der Waals surface area (Å²) in [6.45, 7) is 6.43. The smallest absolute Gasteiger partial charge is 0.251 e. The number of benzene rings is 1. The highest BCUT2D eigenvalue weighted by Gasteiger charge is 2.33. The number of amides is 1. The molecule has 1 aliphatic carbocycles. The van der Waals surface area contributed by atoms with Crippen molar-refractivity contribution >= 4 is 29.1 Å². The van der Waals surface area contributed by atoms with Gasteiger partial charge in [0.05, 0.1) is 5.38 Å². The van der Waals surface area contributed by atoms with Crippen molar-refractivity contribution < 1.29 is 19.5 Å². The van der Waals surface area contributed by atoms with E-state index in [4.69, 9.17) is 11.6 Å². The molecule has 0 saturated carbocycles. The average molecular weight is 404 g/mol. The number of aliphatic hydroxyl groups is 1. The third kappa shape index (κ3) is 4.78. The summed E-state index contributed by atoms with van der Waals surface area (Å²) in [7, 11) is 0. The van der Waals surface area contributed by atoms with Crippen molar-refractivity contribution in [3.63, 3.8) is 0 Å². The van der Waals surface area contributed by atoms with Gasteiger partial charge < -0.3 is 10.4 Å².